The third kappa shape index (κ3) is 6.72. The van der Waals surface area contributed by atoms with Gasteiger partial charge in [0.25, 0.3) is 5.91 Å². The van der Waals surface area contributed by atoms with E-state index in [4.69, 9.17) is 16.3 Å². The molecule has 1 saturated heterocycles. The Balaban J connectivity index is 2.09. The van der Waals surface area contributed by atoms with Gasteiger partial charge in [0.2, 0.25) is 11.8 Å². The highest BCUT2D eigenvalue weighted by molar-refractivity contribution is 6.33. The molecular formula is C21H30ClN3O4. The summed E-state index contributed by atoms with van der Waals surface area (Å²) in [6.07, 6.45) is 1.25. The molecular weight excluding hydrogens is 394 g/mol. The van der Waals surface area contributed by atoms with Crippen molar-refractivity contribution in [2.24, 2.45) is 11.8 Å². The van der Waals surface area contributed by atoms with Crippen molar-refractivity contribution in [3.8, 4) is 0 Å². The Morgan fingerprint density at radius 2 is 1.86 bits per heavy atom. The summed E-state index contributed by atoms with van der Waals surface area (Å²) in [4.78, 5) is 39.4. The summed E-state index contributed by atoms with van der Waals surface area (Å²) in [6, 6.07) is 6.07. The molecule has 7 nitrogen and oxygen atoms in total. The molecule has 0 bridgehead atoms. The molecule has 1 aliphatic heterocycles. The van der Waals surface area contributed by atoms with Crippen molar-refractivity contribution >= 4 is 29.3 Å². The average Bonchev–Trinajstić information content (AvgIpc) is 2.70. The Morgan fingerprint density at radius 1 is 1.21 bits per heavy atom. The summed E-state index contributed by atoms with van der Waals surface area (Å²) in [6.45, 7) is 5.66. The van der Waals surface area contributed by atoms with Crippen molar-refractivity contribution in [1.29, 1.82) is 0 Å². The molecule has 3 amide bonds. The van der Waals surface area contributed by atoms with Crippen LogP contribution in [0.5, 0.6) is 0 Å². The lowest BCUT2D eigenvalue weighted by Crippen LogP contribution is -2.54. The molecule has 1 atom stereocenters. The second-order valence-electron chi connectivity index (χ2n) is 7.72. The van der Waals surface area contributed by atoms with Crippen LogP contribution in [-0.4, -0.2) is 62.0 Å². The third-order valence-electron chi connectivity index (χ3n) is 5.00. The molecule has 0 spiro atoms. The van der Waals surface area contributed by atoms with Gasteiger partial charge in [-0.25, -0.2) is 0 Å². The third-order valence-corrected chi connectivity index (χ3v) is 5.33. The van der Waals surface area contributed by atoms with Crippen LogP contribution in [0.3, 0.4) is 0 Å². The first-order chi connectivity index (χ1) is 13.8. The summed E-state index contributed by atoms with van der Waals surface area (Å²) in [5, 5.41) is 6.13. The van der Waals surface area contributed by atoms with E-state index in [2.05, 4.69) is 10.6 Å². The largest absolute Gasteiger partial charge is 0.375 e. The van der Waals surface area contributed by atoms with Crippen LogP contribution in [0.25, 0.3) is 0 Å². The monoisotopic (exact) mass is 423 g/mol. The maximum absolute atomic E-state index is 12.9. The van der Waals surface area contributed by atoms with Crippen LogP contribution < -0.4 is 10.6 Å². The fourth-order valence-electron chi connectivity index (χ4n) is 3.37. The number of nitrogens with zero attached hydrogens (tertiary/aromatic N) is 1. The maximum atomic E-state index is 12.9. The van der Waals surface area contributed by atoms with Crippen LogP contribution >= 0.6 is 11.6 Å². The van der Waals surface area contributed by atoms with Gasteiger partial charge >= 0.3 is 0 Å². The minimum absolute atomic E-state index is 0.0478. The number of carbonyl (C=O) groups excluding carboxylic acids is 3. The number of ether oxygens (including phenoxy) is 1. The van der Waals surface area contributed by atoms with Crippen LogP contribution in [0, 0.1) is 11.8 Å². The molecule has 8 heteroatoms. The van der Waals surface area contributed by atoms with Gasteiger partial charge in [-0.3, -0.25) is 14.4 Å². The number of likely N-dealkylation sites (tertiary alicyclic amines) is 1. The molecule has 160 valence electrons. The van der Waals surface area contributed by atoms with E-state index in [0.29, 0.717) is 49.0 Å². The first-order valence-corrected chi connectivity index (χ1v) is 10.3. The maximum Gasteiger partial charge on any atom is 0.253 e. The molecule has 1 aromatic carbocycles. The summed E-state index contributed by atoms with van der Waals surface area (Å²) < 4.78 is 4.91. The normalized spacial score (nSPS) is 15.8. The first kappa shape index (κ1) is 23.2. The fraction of sp³-hybridized carbons (Fsp3) is 0.571. The zero-order chi connectivity index (χ0) is 21.4. The predicted molar refractivity (Wildman–Crippen MR) is 112 cm³/mol. The molecule has 2 rings (SSSR count). The van der Waals surface area contributed by atoms with Crippen LogP contribution in [0.1, 0.15) is 37.0 Å². The van der Waals surface area contributed by atoms with E-state index >= 15 is 0 Å². The van der Waals surface area contributed by atoms with Gasteiger partial charge in [-0.05, 0) is 36.8 Å². The molecule has 0 saturated carbocycles. The Morgan fingerprint density at radius 3 is 2.45 bits per heavy atom. The second-order valence-corrected chi connectivity index (χ2v) is 8.13. The summed E-state index contributed by atoms with van der Waals surface area (Å²) in [5.74, 6) is -0.418. The van der Waals surface area contributed by atoms with E-state index in [1.165, 1.54) is 7.11 Å². The Labute approximate surface area is 177 Å². The van der Waals surface area contributed by atoms with E-state index in [1.54, 1.807) is 29.2 Å². The molecule has 1 aromatic rings. The van der Waals surface area contributed by atoms with E-state index in [0.717, 1.165) is 0 Å². The number of hydrogen-bond acceptors (Lipinski definition) is 4. The SMILES string of the molecule is COCC(=O)N1CCC(C(NC(=O)c2ccccc2Cl)C(=O)NCC(C)C)CC1. The Bertz CT molecular complexity index is 718. The highest BCUT2D eigenvalue weighted by Crippen LogP contribution is 2.23. The van der Waals surface area contributed by atoms with Crippen LogP contribution in [0.4, 0.5) is 0 Å². The lowest BCUT2D eigenvalue weighted by molar-refractivity contribution is -0.136. The average molecular weight is 424 g/mol. The van der Waals surface area contributed by atoms with Crippen molar-refractivity contribution in [3.63, 3.8) is 0 Å². The van der Waals surface area contributed by atoms with Crippen molar-refractivity contribution in [2.45, 2.75) is 32.7 Å². The van der Waals surface area contributed by atoms with Gasteiger partial charge in [-0.1, -0.05) is 37.6 Å². The van der Waals surface area contributed by atoms with Crippen molar-refractivity contribution in [3.05, 3.63) is 34.9 Å². The molecule has 1 heterocycles. The molecule has 1 fully saturated rings. The quantitative estimate of drug-likeness (QED) is 0.670. The first-order valence-electron chi connectivity index (χ1n) is 9.93. The second kappa shape index (κ2) is 11.2. The number of methoxy groups -OCH3 is 1. The number of piperidine rings is 1. The molecule has 29 heavy (non-hydrogen) atoms. The standard InChI is InChI=1S/C21H30ClN3O4/c1-14(2)12-23-21(28)19(24-20(27)16-6-4-5-7-17(16)22)15-8-10-25(11-9-15)18(26)13-29-3/h4-7,14-15,19H,8-13H2,1-3H3,(H,23,28)(H,24,27). The number of amides is 3. The minimum atomic E-state index is -0.683. The summed E-state index contributed by atoms with van der Waals surface area (Å²) in [7, 11) is 1.49. The number of benzene rings is 1. The molecule has 1 unspecified atom stereocenters. The van der Waals surface area contributed by atoms with Crippen molar-refractivity contribution in [1.82, 2.24) is 15.5 Å². The van der Waals surface area contributed by atoms with E-state index < -0.39 is 6.04 Å². The van der Waals surface area contributed by atoms with E-state index in [1.807, 2.05) is 13.8 Å². The van der Waals surface area contributed by atoms with Gasteiger partial charge in [0, 0.05) is 26.7 Å². The van der Waals surface area contributed by atoms with Gasteiger partial charge < -0.3 is 20.3 Å². The van der Waals surface area contributed by atoms with Gasteiger partial charge in [0.15, 0.2) is 0 Å². The summed E-state index contributed by atoms with van der Waals surface area (Å²) >= 11 is 6.14. The van der Waals surface area contributed by atoms with Crippen LogP contribution in [0.15, 0.2) is 24.3 Å². The summed E-state index contributed by atoms with van der Waals surface area (Å²) in [5.41, 5.74) is 0.337. The van der Waals surface area contributed by atoms with Gasteiger partial charge in [0.1, 0.15) is 12.6 Å². The van der Waals surface area contributed by atoms with Crippen LogP contribution in [-0.2, 0) is 14.3 Å². The van der Waals surface area contributed by atoms with E-state index in [-0.39, 0.29) is 30.2 Å². The number of halogens is 1. The molecule has 0 aliphatic carbocycles. The lowest BCUT2D eigenvalue weighted by atomic mass is 9.88. The zero-order valence-corrected chi connectivity index (χ0v) is 18.0. The topological polar surface area (TPSA) is 87.7 Å². The lowest BCUT2D eigenvalue weighted by Gasteiger charge is -2.35. The smallest absolute Gasteiger partial charge is 0.253 e. The van der Waals surface area contributed by atoms with Gasteiger partial charge in [-0.15, -0.1) is 0 Å². The number of nitrogens with one attached hydrogen (secondary N) is 2. The van der Waals surface area contributed by atoms with Gasteiger partial charge in [-0.2, -0.15) is 0 Å². The van der Waals surface area contributed by atoms with Crippen LogP contribution in [0.2, 0.25) is 5.02 Å². The molecule has 1 aliphatic rings. The fourth-order valence-corrected chi connectivity index (χ4v) is 3.59. The van der Waals surface area contributed by atoms with Crippen molar-refractivity contribution in [2.75, 3.05) is 33.4 Å². The minimum Gasteiger partial charge on any atom is -0.375 e. The van der Waals surface area contributed by atoms with Crippen molar-refractivity contribution < 1.29 is 19.1 Å². The number of hydrogen-bond donors (Lipinski definition) is 2. The molecule has 0 aromatic heterocycles. The number of rotatable bonds is 8. The number of carbonyl (C=O) groups is 3. The predicted octanol–water partition coefficient (Wildman–Crippen LogP) is 2.10. The highest BCUT2D eigenvalue weighted by atomic mass is 35.5. The highest BCUT2D eigenvalue weighted by Gasteiger charge is 2.34. The molecule has 0 radical (unpaired) electrons. The zero-order valence-electron chi connectivity index (χ0n) is 17.2. The van der Waals surface area contributed by atoms with E-state index in [9.17, 15) is 14.4 Å². The van der Waals surface area contributed by atoms with Gasteiger partial charge in [0.05, 0.1) is 10.6 Å². The Hall–Kier alpha value is -2.12. The Kier molecular flexibility index (Phi) is 8.92. The molecule has 2 N–H and O–H groups in total.